The highest BCUT2D eigenvalue weighted by Gasteiger charge is 2.30. The fourth-order valence-corrected chi connectivity index (χ4v) is 1.53. The quantitative estimate of drug-likeness (QED) is 0.588. The number of carbonyl (C=O) groups is 2. The van der Waals surface area contributed by atoms with Crippen LogP contribution in [0.25, 0.3) is 0 Å². The van der Waals surface area contributed by atoms with Gasteiger partial charge < -0.3 is 15.2 Å². The van der Waals surface area contributed by atoms with Crippen molar-refractivity contribution in [2.75, 3.05) is 13.7 Å². The average molecular weight is 187 g/mol. The monoisotopic (exact) mass is 187 g/mol. The van der Waals surface area contributed by atoms with Gasteiger partial charge in [0.05, 0.1) is 7.11 Å². The predicted octanol–water partition coefficient (Wildman–Crippen LogP) is -0.388. The SMILES string of the molecule is COC(=O)[C@H]1CC(CC(=O)O)CN1. The maximum atomic E-state index is 11.0. The summed E-state index contributed by atoms with van der Waals surface area (Å²) in [4.78, 5) is 21.4. The third-order valence-corrected chi connectivity index (χ3v) is 2.17. The van der Waals surface area contributed by atoms with Gasteiger partial charge in [0.15, 0.2) is 0 Å². The molecule has 2 N–H and O–H groups in total. The molecule has 0 spiro atoms. The minimum atomic E-state index is -0.822. The molecule has 0 aromatic rings. The van der Waals surface area contributed by atoms with Gasteiger partial charge in [-0.2, -0.15) is 0 Å². The molecule has 13 heavy (non-hydrogen) atoms. The molecule has 1 heterocycles. The molecular weight excluding hydrogens is 174 g/mol. The standard InChI is InChI=1S/C8H13NO4/c1-13-8(12)6-2-5(4-9-6)3-7(10)11/h5-6,9H,2-4H2,1H3,(H,10,11)/t5?,6-/m1/s1. The zero-order valence-corrected chi connectivity index (χ0v) is 7.45. The Kier molecular flexibility index (Phi) is 3.25. The van der Waals surface area contributed by atoms with Gasteiger partial charge in [-0.05, 0) is 18.9 Å². The topological polar surface area (TPSA) is 75.6 Å². The molecule has 1 aliphatic heterocycles. The highest BCUT2D eigenvalue weighted by Crippen LogP contribution is 2.17. The van der Waals surface area contributed by atoms with Gasteiger partial charge >= 0.3 is 11.9 Å². The van der Waals surface area contributed by atoms with E-state index in [1.807, 2.05) is 0 Å². The number of nitrogens with one attached hydrogen (secondary N) is 1. The van der Waals surface area contributed by atoms with Crippen LogP contribution >= 0.6 is 0 Å². The van der Waals surface area contributed by atoms with Crippen LogP contribution in [0.1, 0.15) is 12.8 Å². The molecule has 2 atom stereocenters. The van der Waals surface area contributed by atoms with Crippen LogP contribution in [0.15, 0.2) is 0 Å². The Balaban J connectivity index is 2.36. The highest BCUT2D eigenvalue weighted by molar-refractivity contribution is 5.76. The first kappa shape index (κ1) is 9.98. The fourth-order valence-electron chi connectivity index (χ4n) is 1.53. The number of esters is 1. The number of carboxylic acid groups (broad SMARTS) is 1. The van der Waals surface area contributed by atoms with E-state index in [-0.39, 0.29) is 24.3 Å². The summed E-state index contributed by atoms with van der Waals surface area (Å²) in [6.45, 7) is 0.575. The summed E-state index contributed by atoms with van der Waals surface area (Å²) >= 11 is 0. The Hall–Kier alpha value is -1.10. The molecule has 1 saturated heterocycles. The average Bonchev–Trinajstić information content (AvgIpc) is 2.50. The molecule has 0 amide bonds. The minimum absolute atomic E-state index is 0.0431. The molecule has 0 aliphatic carbocycles. The second kappa shape index (κ2) is 4.23. The molecule has 0 aromatic carbocycles. The largest absolute Gasteiger partial charge is 0.481 e. The van der Waals surface area contributed by atoms with Crippen LogP contribution in [0.5, 0.6) is 0 Å². The Labute approximate surface area is 76.1 Å². The maximum Gasteiger partial charge on any atom is 0.322 e. The van der Waals surface area contributed by atoms with Crippen LogP contribution in [0, 0.1) is 5.92 Å². The van der Waals surface area contributed by atoms with Crippen LogP contribution in [-0.4, -0.2) is 36.7 Å². The third kappa shape index (κ3) is 2.69. The number of carboxylic acids is 1. The second-order valence-electron chi connectivity index (χ2n) is 3.18. The molecule has 1 rings (SSSR count). The summed E-state index contributed by atoms with van der Waals surface area (Å²) in [5.41, 5.74) is 0. The van der Waals surface area contributed by atoms with E-state index in [1.54, 1.807) is 0 Å². The van der Waals surface area contributed by atoms with Gasteiger partial charge in [0, 0.05) is 6.42 Å². The first-order valence-electron chi connectivity index (χ1n) is 4.16. The summed E-state index contributed by atoms with van der Waals surface area (Å²) in [7, 11) is 1.33. The van der Waals surface area contributed by atoms with Gasteiger partial charge in [0.2, 0.25) is 0 Å². The first-order chi connectivity index (χ1) is 6.13. The lowest BCUT2D eigenvalue weighted by Gasteiger charge is -2.06. The third-order valence-electron chi connectivity index (χ3n) is 2.17. The summed E-state index contributed by atoms with van der Waals surface area (Å²) in [5.74, 6) is -1.09. The molecule has 1 fully saturated rings. The highest BCUT2D eigenvalue weighted by atomic mass is 16.5. The van der Waals surface area contributed by atoms with Gasteiger partial charge in [0.1, 0.15) is 6.04 Å². The van der Waals surface area contributed by atoms with Crippen LogP contribution in [0.2, 0.25) is 0 Å². The van der Waals surface area contributed by atoms with Gasteiger partial charge in [-0.1, -0.05) is 0 Å². The lowest BCUT2D eigenvalue weighted by molar-refractivity contribution is -0.143. The second-order valence-corrected chi connectivity index (χ2v) is 3.18. The van der Waals surface area contributed by atoms with Gasteiger partial charge in [0.25, 0.3) is 0 Å². The van der Waals surface area contributed by atoms with Crippen molar-refractivity contribution >= 4 is 11.9 Å². The molecule has 0 aromatic heterocycles. The molecule has 0 bridgehead atoms. The number of hydrogen-bond donors (Lipinski definition) is 2. The van der Waals surface area contributed by atoms with Crippen molar-refractivity contribution in [3.8, 4) is 0 Å². The number of aliphatic carboxylic acids is 1. The van der Waals surface area contributed by atoms with Gasteiger partial charge in [-0.15, -0.1) is 0 Å². The summed E-state index contributed by atoms with van der Waals surface area (Å²) < 4.78 is 4.54. The first-order valence-corrected chi connectivity index (χ1v) is 4.16. The van der Waals surface area contributed by atoms with Crippen molar-refractivity contribution in [2.45, 2.75) is 18.9 Å². The van der Waals surface area contributed by atoms with Crippen LogP contribution in [-0.2, 0) is 14.3 Å². The predicted molar refractivity (Wildman–Crippen MR) is 44.2 cm³/mol. The summed E-state index contributed by atoms with van der Waals surface area (Å²) in [6.07, 6.45) is 0.666. The van der Waals surface area contributed by atoms with Crippen molar-refractivity contribution in [3.63, 3.8) is 0 Å². The molecule has 1 aliphatic rings. The fraction of sp³-hybridized carbons (Fsp3) is 0.750. The van der Waals surface area contributed by atoms with E-state index in [1.165, 1.54) is 7.11 Å². The Morgan fingerprint density at radius 3 is 2.85 bits per heavy atom. The van der Waals surface area contributed by atoms with Crippen molar-refractivity contribution < 1.29 is 19.4 Å². The van der Waals surface area contributed by atoms with Gasteiger partial charge in [-0.3, -0.25) is 9.59 Å². The number of rotatable bonds is 3. The number of ether oxygens (including phenoxy) is 1. The lowest BCUT2D eigenvalue weighted by atomic mass is 10.0. The molecule has 0 radical (unpaired) electrons. The molecule has 1 unspecified atom stereocenters. The van der Waals surface area contributed by atoms with Gasteiger partial charge in [-0.25, -0.2) is 0 Å². The Morgan fingerprint density at radius 1 is 1.62 bits per heavy atom. The van der Waals surface area contributed by atoms with E-state index in [0.717, 1.165) is 0 Å². The van der Waals surface area contributed by atoms with E-state index < -0.39 is 5.97 Å². The van der Waals surface area contributed by atoms with Crippen molar-refractivity contribution in [2.24, 2.45) is 5.92 Å². The molecular formula is C8H13NO4. The molecule has 5 heteroatoms. The van der Waals surface area contributed by atoms with E-state index in [2.05, 4.69) is 10.1 Å². The minimum Gasteiger partial charge on any atom is -0.481 e. The molecule has 5 nitrogen and oxygen atoms in total. The lowest BCUT2D eigenvalue weighted by Crippen LogP contribution is -2.31. The van der Waals surface area contributed by atoms with E-state index in [4.69, 9.17) is 5.11 Å². The van der Waals surface area contributed by atoms with Crippen LogP contribution in [0.4, 0.5) is 0 Å². The maximum absolute atomic E-state index is 11.0. The van der Waals surface area contributed by atoms with E-state index in [9.17, 15) is 9.59 Å². The smallest absolute Gasteiger partial charge is 0.322 e. The molecule has 74 valence electrons. The zero-order chi connectivity index (χ0) is 9.84. The zero-order valence-electron chi connectivity index (χ0n) is 7.45. The Morgan fingerprint density at radius 2 is 2.31 bits per heavy atom. The number of carbonyl (C=O) groups excluding carboxylic acids is 1. The van der Waals surface area contributed by atoms with E-state index >= 15 is 0 Å². The van der Waals surface area contributed by atoms with Crippen LogP contribution < -0.4 is 5.32 Å². The number of methoxy groups -OCH3 is 1. The summed E-state index contributed by atoms with van der Waals surface area (Å²) in [6, 6.07) is -0.325. The van der Waals surface area contributed by atoms with Crippen molar-refractivity contribution in [1.29, 1.82) is 0 Å². The van der Waals surface area contributed by atoms with E-state index in [0.29, 0.717) is 13.0 Å². The Bertz CT molecular complexity index is 216. The van der Waals surface area contributed by atoms with Crippen molar-refractivity contribution in [3.05, 3.63) is 0 Å². The van der Waals surface area contributed by atoms with Crippen LogP contribution in [0.3, 0.4) is 0 Å². The number of hydrogen-bond acceptors (Lipinski definition) is 4. The molecule has 0 saturated carbocycles. The van der Waals surface area contributed by atoms with Crippen molar-refractivity contribution in [1.82, 2.24) is 5.32 Å². The summed E-state index contributed by atoms with van der Waals surface area (Å²) in [5, 5.41) is 11.4. The normalized spacial score (nSPS) is 27.2.